The second-order valence-electron chi connectivity index (χ2n) is 6.29. The van der Waals surface area contributed by atoms with Gasteiger partial charge < -0.3 is 4.98 Å². The van der Waals surface area contributed by atoms with Crippen molar-refractivity contribution in [1.29, 1.82) is 0 Å². The maximum absolute atomic E-state index is 12.2. The van der Waals surface area contributed by atoms with Crippen molar-refractivity contribution in [3.63, 3.8) is 0 Å². The Hall–Kier alpha value is -2.30. The van der Waals surface area contributed by atoms with E-state index in [1.165, 1.54) is 32.1 Å². The molecule has 2 amide bonds. The molecule has 5 nitrogen and oxygen atoms in total. The Balaban J connectivity index is 1.47. The molecule has 1 heterocycles. The van der Waals surface area contributed by atoms with Gasteiger partial charge in [-0.1, -0.05) is 50.3 Å². The van der Waals surface area contributed by atoms with Crippen molar-refractivity contribution in [2.24, 2.45) is 5.92 Å². The Morgan fingerprint density at radius 3 is 2.70 bits per heavy atom. The highest BCUT2D eigenvalue weighted by Crippen LogP contribution is 2.27. The van der Waals surface area contributed by atoms with Crippen molar-refractivity contribution in [2.75, 3.05) is 0 Å². The molecule has 0 saturated heterocycles. The van der Waals surface area contributed by atoms with Crippen molar-refractivity contribution in [1.82, 2.24) is 15.8 Å². The SMILES string of the molecule is O=C(CCC1CCCCC1)NNC(=O)c1c[nH]c2ccccc12. The van der Waals surface area contributed by atoms with Crippen molar-refractivity contribution >= 4 is 22.7 Å². The zero-order valence-electron chi connectivity index (χ0n) is 13.2. The number of fused-ring (bicyclic) bond motifs is 1. The number of hydrazine groups is 1. The fourth-order valence-electron chi connectivity index (χ4n) is 3.33. The molecule has 5 heteroatoms. The number of nitrogens with one attached hydrogen (secondary N) is 3. The van der Waals surface area contributed by atoms with Crippen LogP contribution in [-0.4, -0.2) is 16.8 Å². The van der Waals surface area contributed by atoms with Crippen LogP contribution in [-0.2, 0) is 4.79 Å². The number of para-hydroxylation sites is 1. The maximum atomic E-state index is 12.2. The average molecular weight is 313 g/mol. The van der Waals surface area contributed by atoms with Gasteiger partial charge in [0.2, 0.25) is 5.91 Å². The minimum absolute atomic E-state index is 0.122. The number of carbonyl (C=O) groups excluding carboxylic acids is 2. The van der Waals surface area contributed by atoms with Gasteiger partial charge in [0, 0.05) is 23.5 Å². The summed E-state index contributed by atoms with van der Waals surface area (Å²) in [4.78, 5) is 27.1. The number of carbonyl (C=O) groups is 2. The fourth-order valence-corrected chi connectivity index (χ4v) is 3.33. The largest absolute Gasteiger partial charge is 0.360 e. The molecule has 122 valence electrons. The molecule has 1 aliphatic carbocycles. The number of hydrogen-bond acceptors (Lipinski definition) is 2. The third-order valence-electron chi connectivity index (χ3n) is 4.65. The van der Waals surface area contributed by atoms with Crippen LogP contribution < -0.4 is 10.9 Å². The first-order chi connectivity index (χ1) is 11.2. The molecule has 3 N–H and O–H groups in total. The van der Waals surface area contributed by atoms with E-state index in [1.54, 1.807) is 6.20 Å². The van der Waals surface area contributed by atoms with Gasteiger partial charge in [0.05, 0.1) is 5.56 Å². The zero-order valence-corrected chi connectivity index (χ0v) is 13.2. The molecule has 0 atom stereocenters. The van der Waals surface area contributed by atoms with E-state index in [2.05, 4.69) is 15.8 Å². The average Bonchev–Trinajstić information content (AvgIpc) is 3.03. The number of benzene rings is 1. The van der Waals surface area contributed by atoms with Crippen LogP contribution in [0.25, 0.3) is 10.9 Å². The smallest absolute Gasteiger partial charge is 0.271 e. The second-order valence-corrected chi connectivity index (χ2v) is 6.29. The summed E-state index contributed by atoms with van der Waals surface area (Å²) < 4.78 is 0. The molecule has 0 bridgehead atoms. The van der Waals surface area contributed by atoms with E-state index in [9.17, 15) is 9.59 Å². The van der Waals surface area contributed by atoms with Crippen LogP contribution in [0.3, 0.4) is 0 Å². The third-order valence-corrected chi connectivity index (χ3v) is 4.65. The van der Waals surface area contributed by atoms with E-state index in [4.69, 9.17) is 0 Å². The lowest BCUT2D eigenvalue weighted by atomic mass is 9.86. The fraction of sp³-hybridized carbons (Fsp3) is 0.444. The van der Waals surface area contributed by atoms with Crippen molar-refractivity contribution < 1.29 is 9.59 Å². The summed E-state index contributed by atoms with van der Waals surface area (Å²) in [6.45, 7) is 0. The van der Waals surface area contributed by atoms with Crippen LogP contribution in [0.5, 0.6) is 0 Å². The van der Waals surface area contributed by atoms with Crippen LogP contribution in [0, 0.1) is 5.92 Å². The molecule has 1 aromatic carbocycles. The maximum Gasteiger partial charge on any atom is 0.271 e. The summed E-state index contributed by atoms with van der Waals surface area (Å²) in [5.74, 6) is 0.246. The van der Waals surface area contributed by atoms with Gasteiger partial charge in [0.15, 0.2) is 0 Å². The highest BCUT2D eigenvalue weighted by atomic mass is 16.2. The van der Waals surface area contributed by atoms with Gasteiger partial charge in [0.25, 0.3) is 5.91 Å². The highest BCUT2D eigenvalue weighted by molar-refractivity contribution is 6.07. The molecular formula is C18H23N3O2. The molecule has 3 rings (SSSR count). The number of rotatable bonds is 4. The third kappa shape index (κ3) is 3.92. The van der Waals surface area contributed by atoms with E-state index < -0.39 is 0 Å². The van der Waals surface area contributed by atoms with Crippen molar-refractivity contribution in [3.05, 3.63) is 36.0 Å². The van der Waals surface area contributed by atoms with Crippen LogP contribution in [0.2, 0.25) is 0 Å². The Bertz CT molecular complexity index is 686. The first-order valence-corrected chi connectivity index (χ1v) is 8.39. The Morgan fingerprint density at radius 2 is 1.87 bits per heavy atom. The van der Waals surface area contributed by atoms with Crippen LogP contribution in [0.15, 0.2) is 30.5 Å². The molecule has 0 spiro atoms. The Morgan fingerprint density at radius 1 is 1.09 bits per heavy atom. The summed E-state index contributed by atoms with van der Waals surface area (Å²) in [5, 5.41) is 0.849. The van der Waals surface area contributed by atoms with E-state index in [0.29, 0.717) is 17.9 Å². The summed E-state index contributed by atoms with van der Waals surface area (Å²) >= 11 is 0. The Labute approximate surface area is 135 Å². The van der Waals surface area contributed by atoms with Crippen LogP contribution >= 0.6 is 0 Å². The highest BCUT2D eigenvalue weighted by Gasteiger charge is 2.16. The summed E-state index contributed by atoms with van der Waals surface area (Å²) in [5.41, 5.74) is 6.47. The van der Waals surface area contributed by atoms with Gasteiger partial charge in [-0.05, 0) is 18.4 Å². The molecule has 2 aromatic rings. The Kier molecular flexibility index (Phi) is 4.95. The van der Waals surface area contributed by atoms with Crippen molar-refractivity contribution in [2.45, 2.75) is 44.9 Å². The van der Waals surface area contributed by atoms with E-state index in [-0.39, 0.29) is 11.8 Å². The quantitative estimate of drug-likeness (QED) is 0.758. The molecular weight excluding hydrogens is 290 g/mol. The predicted molar refractivity (Wildman–Crippen MR) is 89.7 cm³/mol. The lowest BCUT2D eigenvalue weighted by Gasteiger charge is -2.20. The first-order valence-electron chi connectivity index (χ1n) is 8.39. The monoisotopic (exact) mass is 313 g/mol. The summed E-state index contributed by atoms with van der Waals surface area (Å²) in [7, 11) is 0. The number of aromatic amines is 1. The van der Waals surface area contributed by atoms with E-state index in [0.717, 1.165) is 17.3 Å². The zero-order chi connectivity index (χ0) is 16.1. The molecule has 0 unspecified atom stereocenters. The summed E-state index contributed by atoms with van der Waals surface area (Å²) in [6, 6.07) is 7.59. The molecule has 1 aromatic heterocycles. The number of aromatic nitrogens is 1. The normalized spacial score (nSPS) is 15.5. The van der Waals surface area contributed by atoms with Crippen LogP contribution in [0.1, 0.15) is 55.3 Å². The molecule has 0 aliphatic heterocycles. The van der Waals surface area contributed by atoms with Gasteiger partial charge in [0.1, 0.15) is 0 Å². The van der Waals surface area contributed by atoms with Gasteiger partial charge in [-0.2, -0.15) is 0 Å². The lowest BCUT2D eigenvalue weighted by molar-refractivity contribution is -0.122. The van der Waals surface area contributed by atoms with E-state index in [1.807, 2.05) is 24.3 Å². The standard InChI is InChI=1S/C18H23N3O2/c22-17(11-10-13-6-2-1-3-7-13)20-21-18(23)15-12-19-16-9-5-4-8-14(15)16/h4-5,8-9,12-13,19H,1-3,6-7,10-11H2,(H,20,22)(H,21,23). The number of H-pyrrole nitrogens is 1. The van der Waals surface area contributed by atoms with Gasteiger partial charge in [-0.15, -0.1) is 0 Å². The van der Waals surface area contributed by atoms with Crippen molar-refractivity contribution in [3.8, 4) is 0 Å². The second kappa shape index (κ2) is 7.31. The molecule has 1 aliphatic rings. The minimum Gasteiger partial charge on any atom is -0.360 e. The predicted octanol–water partition coefficient (Wildman–Crippen LogP) is 3.29. The van der Waals surface area contributed by atoms with Gasteiger partial charge in [-0.25, -0.2) is 0 Å². The van der Waals surface area contributed by atoms with E-state index >= 15 is 0 Å². The molecule has 0 radical (unpaired) electrons. The van der Waals surface area contributed by atoms with Gasteiger partial charge >= 0.3 is 0 Å². The minimum atomic E-state index is -0.298. The first kappa shape index (κ1) is 15.6. The molecule has 1 saturated carbocycles. The molecule has 1 fully saturated rings. The van der Waals surface area contributed by atoms with Gasteiger partial charge in [-0.3, -0.25) is 20.4 Å². The summed E-state index contributed by atoms with van der Waals surface area (Å²) in [6.07, 6.45) is 9.39. The van der Waals surface area contributed by atoms with Crippen LogP contribution in [0.4, 0.5) is 0 Å². The topological polar surface area (TPSA) is 74.0 Å². The number of hydrogen-bond donors (Lipinski definition) is 3. The molecule has 23 heavy (non-hydrogen) atoms. The number of amides is 2. The lowest BCUT2D eigenvalue weighted by Crippen LogP contribution is -2.41.